The van der Waals surface area contributed by atoms with Crippen LogP contribution in [0.3, 0.4) is 0 Å². The zero-order valence-electron chi connectivity index (χ0n) is 59.7. The number of rotatable bonds is 22. The second kappa shape index (κ2) is 27.8. The third kappa shape index (κ3) is 11.2. The Labute approximate surface area is 593 Å². The van der Waals surface area contributed by atoms with Crippen LogP contribution < -0.4 is 14.2 Å². The number of fused-ring (bicyclic) bond motifs is 2. The Morgan fingerprint density at radius 2 is 0.636 bits per heavy atom. The summed E-state index contributed by atoms with van der Waals surface area (Å²) in [4.78, 5) is 3.00. The lowest BCUT2D eigenvalue weighted by Gasteiger charge is -2.49. The first-order chi connectivity index (χ1) is 48.7. The number of aryl methyl sites for hydroxylation is 5. The van der Waals surface area contributed by atoms with Crippen molar-refractivity contribution in [3.05, 3.63) is 308 Å². The topological polar surface area (TPSA) is 27.7 Å². The summed E-state index contributed by atoms with van der Waals surface area (Å²) in [6.07, 6.45) is 20.0. The molecular weight excluding hydrogens is 1220 g/mol. The molecule has 0 N–H and O–H groups in total. The molecule has 11 aromatic rings. The van der Waals surface area contributed by atoms with E-state index in [-0.39, 0.29) is 23.7 Å². The second-order valence-corrected chi connectivity index (χ2v) is 30.9. The van der Waals surface area contributed by atoms with Crippen molar-refractivity contribution in [3.8, 4) is 29.1 Å². The number of benzene rings is 10. The summed E-state index contributed by atoms with van der Waals surface area (Å²) >= 11 is 1.97. The Bertz CT molecular complexity index is 4820. The predicted octanol–water partition coefficient (Wildman–Crippen LogP) is 25.1. The van der Waals surface area contributed by atoms with Gasteiger partial charge in [0.15, 0.2) is 0 Å². The van der Waals surface area contributed by atoms with E-state index >= 15 is 0 Å². The molecule has 0 saturated carbocycles. The molecule has 20 rings (SSSR count). The van der Waals surface area contributed by atoms with Gasteiger partial charge in [0.2, 0.25) is 0 Å². The fourth-order valence-corrected chi connectivity index (χ4v) is 19.9. The molecule has 10 aromatic carbocycles. The van der Waals surface area contributed by atoms with Gasteiger partial charge in [0, 0.05) is 73.1 Å². The predicted molar refractivity (Wildman–Crippen MR) is 414 cm³/mol. The molecule has 99 heavy (non-hydrogen) atoms. The van der Waals surface area contributed by atoms with Crippen molar-refractivity contribution >= 4 is 32.9 Å². The van der Waals surface area contributed by atoms with Gasteiger partial charge in [-0.1, -0.05) is 262 Å². The number of ether oxygens (including phenoxy) is 3. The van der Waals surface area contributed by atoms with E-state index in [9.17, 15) is 0 Å². The van der Waals surface area contributed by atoms with Crippen LogP contribution in [-0.2, 0) is 0 Å². The average Bonchev–Trinajstić information content (AvgIpc) is 1.63. The van der Waals surface area contributed by atoms with Crippen LogP contribution in [0.5, 0.6) is 17.2 Å². The smallest absolute Gasteiger partial charge is 0.135 e. The maximum absolute atomic E-state index is 7.48. The summed E-state index contributed by atoms with van der Waals surface area (Å²) in [6, 6.07) is 64.4. The van der Waals surface area contributed by atoms with Crippen molar-refractivity contribution in [3.63, 3.8) is 0 Å². The molecule has 2 unspecified atom stereocenters. The standard InChI is InChI=1S/C75H80O3.C20H16S/c1-7-10-13-14-15-16-17-18-19-20-21-30-43-76-65-45-49(5)48(4)44-51(65)39-40-54-53-32-23-22-31-52(53)50(6)61-46-63-64(47-62(54)61)69-60-38-29-28-37-59(60)68(63)72-73(69)75(78-42-12-9-3)71-67-57-35-26-24-33-55(57)66(56-34-25-27-36-58(56)67)70(71)74(72)77-41-11-8-2;1-11-17-18(12(2)21-11)20-15-9-5-3-7-13(15)19(17)14-8-4-6-10-16(14)20/h22-29,31-38,44-47,66-69H,7-21,30,41-43H2,1-6H3;3-10,19-20H,1-2H3. The molecule has 1 aromatic heterocycles. The zero-order valence-corrected chi connectivity index (χ0v) is 60.5. The Balaban J connectivity index is 0.000000306. The Morgan fingerprint density at radius 3 is 1.05 bits per heavy atom. The van der Waals surface area contributed by atoms with Gasteiger partial charge in [-0.3, -0.25) is 0 Å². The van der Waals surface area contributed by atoms with Gasteiger partial charge in [-0.2, -0.15) is 0 Å². The molecule has 0 aliphatic heterocycles. The molecular formula is C95H96O3S. The van der Waals surface area contributed by atoms with Crippen LogP contribution in [0.25, 0.3) is 21.5 Å². The van der Waals surface area contributed by atoms with Crippen molar-refractivity contribution in [2.75, 3.05) is 19.8 Å². The molecule has 0 spiro atoms. The van der Waals surface area contributed by atoms with E-state index in [1.54, 1.807) is 11.1 Å². The summed E-state index contributed by atoms with van der Waals surface area (Å²) in [5, 5.41) is 4.91. The molecule has 2 atom stereocenters. The Morgan fingerprint density at radius 1 is 0.303 bits per heavy atom. The van der Waals surface area contributed by atoms with E-state index in [4.69, 9.17) is 14.2 Å². The van der Waals surface area contributed by atoms with Crippen molar-refractivity contribution < 1.29 is 14.2 Å². The summed E-state index contributed by atoms with van der Waals surface area (Å²) in [7, 11) is 0. The van der Waals surface area contributed by atoms with Gasteiger partial charge in [-0.25, -0.2) is 0 Å². The van der Waals surface area contributed by atoms with Gasteiger partial charge in [-0.05, 0) is 194 Å². The summed E-state index contributed by atoms with van der Waals surface area (Å²) in [5.74, 6) is 11.6. The first kappa shape index (κ1) is 65.0. The third-order valence-electron chi connectivity index (χ3n) is 23.5. The van der Waals surface area contributed by atoms with Gasteiger partial charge in [0.25, 0.3) is 0 Å². The lowest BCUT2D eigenvalue weighted by atomic mass is 9.55. The van der Waals surface area contributed by atoms with Crippen LogP contribution in [-0.4, -0.2) is 19.8 Å². The van der Waals surface area contributed by atoms with Crippen molar-refractivity contribution in [2.45, 2.75) is 194 Å². The fraction of sp³-hybridized carbons (Fsp3) is 0.347. The van der Waals surface area contributed by atoms with Crippen LogP contribution >= 0.6 is 11.3 Å². The molecule has 0 saturated heterocycles. The van der Waals surface area contributed by atoms with Crippen LogP contribution in [0.4, 0.5) is 0 Å². The summed E-state index contributed by atoms with van der Waals surface area (Å²) in [6.45, 7) is 20.2. The maximum atomic E-state index is 7.48. The molecule has 4 heteroatoms. The third-order valence-corrected chi connectivity index (χ3v) is 24.6. The highest BCUT2D eigenvalue weighted by Crippen LogP contribution is 2.69. The van der Waals surface area contributed by atoms with E-state index in [1.165, 1.54) is 208 Å². The molecule has 9 aliphatic carbocycles. The second-order valence-electron chi connectivity index (χ2n) is 29.5. The molecule has 6 bridgehead atoms. The SMILES string of the molecule is CCCCCCCCCCCCCCOc1cc(C)c(C)cc1C#Cc1c2ccccc2c(C)c2cc3c(cc12)C1c2ccccc2C3c2c(OCCCC)c3c(c(OCCCC)c21)C1c2ccccc2C3c2ccccc21.Cc1sc(C)c2c1C1c3ccccc3C2c2ccccc21. The minimum absolute atomic E-state index is 0.0391. The first-order valence-corrected chi connectivity index (χ1v) is 38.8. The minimum atomic E-state index is -0.0605. The molecule has 0 radical (unpaired) electrons. The summed E-state index contributed by atoms with van der Waals surface area (Å²) < 4.78 is 21.6. The van der Waals surface area contributed by atoms with E-state index in [2.05, 4.69) is 237 Å². The zero-order chi connectivity index (χ0) is 67.4. The molecule has 500 valence electrons. The van der Waals surface area contributed by atoms with Gasteiger partial charge in [-0.15, -0.1) is 11.3 Å². The van der Waals surface area contributed by atoms with E-state index in [0.717, 1.165) is 60.5 Å². The van der Waals surface area contributed by atoms with Crippen LogP contribution in [0.1, 0.15) is 297 Å². The van der Waals surface area contributed by atoms with Crippen molar-refractivity contribution in [1.29, 1.82) is 0 Å². The van der Waals surface area contributed by atoms with E-state index in [1.807, 2.05) is 11.3 Å². The monoisotopic (exact) mass is 1320 g/mol. The van der Waals surface area contributed by atoms with Crippen molar-refractivity contribution in [2.24, 2.45) is 0 Å². The van der Waals surface area contributed by atoms with E-state index < -0.39 is 0 Å². The molecule has 3 nitrogen and oxygen atoms in total. The number of thiophene rings is 1. The van der Waals surface area contributed by atoms with Crippen LogP contribution in [0.15, 0.2) is 170 Å². The molecule has 1 heterocycles. The van der Waals surface area contributed by atoms with Gasteiger partial charge < -0.3 is 14.2 Å². The molecule has 0 amide bonds. The van der Waals surface area contributed by atoms with Gasteiger partial charge in [0.1, 0.15) is 17.2 Å². The number of hydrogen-bond donors (Lipinski definition) is 0. The summed E-state index contributed by atoms with van der Waals surface area (Å²) in [5.41, 5.74) is 31.4. The number of unbranched alkanes of at least 4 members (excludes halogenated alkanes) is 13. The first-order valence-electron chi connectivity index (χ1n) is 38.0. The Kier molecular flexibility index (Phi) is 18.3. The fourth-order valence-electron chi connectivity index (χ4n) is 18.7. The van der Waals surface area contributed by atoms with E-state index in [0.29, 0.717) is 31.7 Å². The van der Waals surface area contributed by atoms with Crippen molar-refractivity contribution in [1.82, 2.24) is 0 Å². The van der Waals surface area contributed by atoms with Gasteiger partial charge in [0.05, 0.1) is 25.4 Å². The quantitative estimate of drug-likeness (QED) is 0.0384. The number of hydrogen-bond acceptors (Lipinski definition) is 4. The lowest BCUT2D eigenvalue weighted by molar-refractivity contribution is 0.285. The maximum Gasteiger partial charge on any atom is 0.135 e. The van der Waals surface area contributed by atoms with Crippen LogP contribution in [0, 0.1) is 46.5 Å². The molecule has 0 fully saturated rings. The largest absolute Gasteiger partial charge is 0.493 e. The normalized spacial score (nSPS) is 17.6. The Hall–Kier alpha value is -8.62. The highest BCUT2D eigenvalue weighted by atomic mass is 32.1. The highest BCUT2D eigenvalue weighted by molar-refractivity contribution is 7.12. The lowest BCUT2D eigenvalue weighted by Crippen LogP contribution is -2.34. The average molecular weight is 1320 g/mol. The molecule has 9 aliphatic rings. The highest BCUT2D eigenvalue weighted by Gasteiger charge is 2.53. The minimum Gasteiger partial charge on any atom is -0.493 e. The van der Waals surface area contributed by atoms with Gasteiger partial charge >= 0.3 is 0 Å². The van der Waals surface area contributed by atoms with Crippen LogP contribution in [0.2, 0.25) is 0 Å².